The Hall–Kier alpha value is -1.97. The number of hydrogen-bond acceptors (Lipinski definition) is 5. The van der Waals surface area contributed by atoms with Gasteiger partial charge in [-0.1, -0.05) is 18.6 Å². The Balaban J connectivity index is 1.39. The summed E-state index contributed by atoms with van der Waals surface area (Å²) in [6.45, 7) is 4.11. The molecule has 0 bridgehead atoms. The van der Waals surface area contributed by atoms with Crippen LogP contribution in [0.25, 0.3) is 0 Å². The van der Waals surface area contributed by atoms with Gasteiger partial charge < -0.3 is 15.1 Å². The highest BCUT2D eigenvalue weighted by atomic mass is 79.9. The monoisotopic (exact) mass is 548 g/mol. The van der Waals surface area contributed by atoms with Crippen LogP contribution in [0, 0.1) is 5.82 Å². The molecule has 2 atom stereocenters. The Bertz CT molecular complexity index is 990. The van der Waals surface area contributed by atoms with Crippen LogP contribution < -0.4 is 5.32 Å². The van der Waals surface area contributed by atoms with Crippen molar-refractivity contribution in [3.63, 3.8) is 0 Å². The van der Waals surface area contributed by atoms with E-state index < -0.39 is 5.25 Å². The molecular formula is C25H30BrFN4O2S. The molecule has 2 fully saturated rings. The van der Waals surface area contributed by atoms with Gasteiger partial charge in [0, 0.05) is 44.4 Å². The van der Waals surface area contributed by atoms with E-state index in [2.05, 4.69) is 31.1 Å². The van der Waals surface area contributed by atoms with Gasteiger partial charge in [0.25, 0.3) is 0 Å². The largest absolute Gasteiger partial charge is 0.355 e. The second-order valence-electron chi connectivity index (χ2n) is 8.71. The fourth-order valence-electron chi connectivity index (χ4n) is 4.43. The zero-order chi connectivity index (χ0) is 23.9. The normalized spacial score (nSPS) is 21.1. The van der Waals surface area contributed by atoms with Gasteiger partial charge in [-0.05, 0) is 71.7 Å². The quantitative estimate of drug-likeness (QED) is 0.509. The topological polar surface area (TPSA) is 65.5 Å². The lowest BCUT2D eigenvalue weighted by molar-refractivity contribution is -0.132. The van der Waals surface area contributed by atoms with Crippen molar-refractivity contribution in [3.8, 4) is 0 Å². The molecule has 182 valence electrons. The van der Waals surface area contributed by atoms with Gasteiger partial charge in [0.2, 0.25) is 11.8 Å². The van der Waals surface area contributed by atoms with E-state index in [0.29, 0.717) is 24.0 Å². The second kappa shape index (κ2) is 12.1. The molecule has 2 unspecified atom stereocenters. The molecule has 1 aromatic carbocycles. The van der Waals surface area contributed by atoms with Gasteiger partial charge in [-0.3, -0.25) is 14.6 Å². The van der Waals surface area contributed by atoms with Crippen LogP contribution in [0.3, 0.4) is 0 Å². The van der Waals surface area contributed by atoms with E-state index in [9.17, 15) is 14.0 Å². The molecule has 1 N–H and O–H groups in total. The summed E-state index contributed by atoms with van der Waals surface area (Å²) in [6, 6.07) is 10.6. The number of carbonyl (C=O) groups is 2. The smallest absolute Gasteiger partial charge is 0.237 e. The number of halogens is 2. The molecule has 2 saturated heterocycles. The molecule has 9 heteroatoms. The molecular weight excluding hydrogens is 519 g/mol. The summed E-state index contributed by atoms with van der Waals surface area (Å²) >= 11 is 4.72. The van der Waals surface area contributed by atoms with Crippen LogP contribution >= 0.6 is 27.7 Å². The number of thioether (sulfide) groups is 1. The first-order chi connectivity index (χ1) is 16.5. The van der Waals surface area contributed by atoms with Crippen LogP contribution in [0.15, 0.2) is 47.1 Å². The molecule has 0 radical (unpaired) electrons. The first kappa shape index (κ1) is 25.1. The van der Waals surface area contributed by atoms with E-state index in [1.54, 1.807) is 23.2 Å². The lowest BCUT2D eigenvalue weighted by Gasteiger charge is -2.26. The van der Waals surface area contributed by atoms with Gasteiger partial charge in [0.15, 0.2) is 0 Å². The maximum Gasteiger partial charge on any atom is 0.237 e. The molecule has 0 spiro atoms. The number of hydrogen-bond donors (Lipinski definition) is 1. The number of benzene rings is 1. The van der Waals surface area contributed by atoms with Gasteiger partial charge >= 0.3 is 0 Å². The highest BCUT2D eigenvalue weighted by Crippen LogP contribution is 2.45. The molecule has 34 heavy (non-hydrogen) atoms. The van der Waals surface area contributed by atoms with Crippen molar-refractivity contribution in [3.05, 3.63) is 64.1 Å². The molecule has 0 aliphatic carbocycles. The van der Waals surface area contributed by atoms with Crippen LogP contribution in [0.5, 0.6) is 0 Å². The number of aromatic nitrogens is 1. The summed E-state index contributed by atoms with van der Waals surface area (Å²) in [4.78, 5) is 34.5. The summed E-state index contributed by atoms with van der Waals surface area (Å²) in [5.74, 6) is -0.506. The first-order valence-electron chi connectivity index (χ1n) is 11.8. The minimum atomic E-state index is -0.465. The molecule has 3 heterocycles. The standard InChI is InChI=1S/C25H30BrFN4O2S/c26-20-16-18(7-8-21(20)27)25-31(14-9-19-6-2-3-10-28-19)24(33)22(34-25)17-23(32)29-11-15-30-12-4-1-5-13-30/h2-3,6-8,10,16,22,25H,1,4-5,9,11-15,17H2,(H,29,32). The predicted molar refractivity (Wildman–Crippen MR) is 136 cm³/mol. The van der Waals surface area contributed by atoms with Gasteiger partial charge in [0.05, 0.1) is 9.72 Å². The Morgan fingerprint density at radius 3 is 2.74 bits per heavy atom. The van der Waals surface area contributed by atoms with E-state index >= 15 is 0 Å². The Morgan fingerprint density at radius 1 is 1.18 bits per heavy atom. The number of carbonyl (C=O) groups excluding carboxylic acids is 2. The van der Waals surface area contributed by atoms with E-state index in [1.165, 1.54) is 37.1 Å². The van der Waals surface area contributed by atoms with Crippen LogP contribution in [0.4, 0.5) is 4.39 Å². The van der Waals surface area contributed by atoms with Crippen molar-refractivity contribution in [1.29, 1.82) is 0 Å². The van der Waals surface area contributed by atoms with Crippen molar-refractivity contribution in [1.82, 2.24) is 20.1 Å². The third kappa shape index (κ3) is 6.58. The van der Waals surface area contributed by atoms with Gasteiger partial charge in [-0.25, -0.2) is 4.39 Å². The average molecular weight is 550 g/mol. The predicted octanol–water partition coefficient (Wildman–Crippen LogP) is 4.16. The molecule has 2 aromatic rings. The number of piperidine rings is 1. The minimum absolute atomic E-state index is 0.0578. The first-order valence-corrected chi connectivity index (χ1v) is 13.5. The maximum absolute atomic E-state index is 13.8. The maximum atomic E-state index is 13.8. The number of pyridine rings is 1. The number of likely N-dealkylation sites (tertiary alicyclic amines) is 1. The molecule has 2 aliphatic heterocycles. The summed E-state index contributed by atoms with van der Waals surface area (Å²) in [5.41, 5.74) is 1.74. The van der Waals surface area contributed by atoms with Crippen molar-refractivity contribution < 1.29 is 14.0 Å². The van der Waals surface area contributed by atoms with Crippen LogP contribution in [0.2, 0.25) is 0 Å². The van der Waals surface area contributed by atoms with Crippen molar-refractivity contribution in [2.75, 3.05) is 32.7 Å². The van der Waals surface area contributed by atoms with Gasteiger partial charge in [-0.2, -0.15) is 0 Å². The highest BCUT2D eigenvalue weighted by molar-refractivity contribution is 9.10. The lowest BCUT2D eigenvalue weighted by atomic mass is 10.1. The van der Waals surface area contributed by atoms with Gasteiger partial charge in [0.1, 0.15) is 11.2 Å². The van der Waals surface area contributed by atoms with Crippen molar-refractivity contribution >= 4 is 39.5 Å². The zero-order valence-corrected chi connectivity index (χ0v) is 21.5. The molecule has 2 aliphatic rings. The molecule has 6 nitrogen and oxygen atoms in total. The fraction of sp³-hybridized carbons (Fsp3) is 0.480. The summed E-state index contributed by atoms with van der Waals surface area (Å²) < 4.78 is 14.2. The third-order valence-electron chi connectivity index (χ3n) is 6.27. The summed E-state index contributed by atoms with van der Waals surface area (Å²) in [6.07, 6.45) is 6.21. The number of rotatable bonds is 9. The van der Waals surface area contributed by atoms with Gasteiger partial charge in [-0.15, -0.1) is 11.8 Å². The number of nitrogens with zero attached hydrogens (tertiary/aromatic N) is 3. The SMILES string of the molecule is O=C(CC1SC(c2ccc(F)c(Br)c2)N(CCc2ccccn2)C1=O)NCCN1CCCCC1. The Morgan fingerprint density at radius 2 is 2.00 bits per heavy atom. The lowest BCUT2D eigenvalue weighted by Crippen LogP contribution is -2.39. The number of nitrogens with one attached hydrogen (secondary N) is 1. The second-order valence-corrected chi connectivity index (χ2v) is 10.9. The van der Waals surface area contributed by atoms with Crippen LogP contribution in [-0.4, -0.2) is 64.6 Å². The van der Waals surface area contributed by atoms with E-state index in [1.807, 2.05) is 18.2 Å². The Kier molecular flexibility index (Phi) is 8.97. The molecule has 2 amide bonds. The zero-order valence-electron chi connectivity index (χ0n) is 19.1. The molecule has 4 rings (SSSR count). The van der Waals surface area contributed by atoms with Crippen LogP contribution in [0.1, 0.15) is 42.3 Å². The van der Waals surface area contributed by atoms with Crippen LogP contribution in [-0.2, 0) is 16.0 Å². The molecule has 0 saturated carbocycles. The highest BCUT2D eigenvalue weighted by Gasteiger charge is 2.41. The average Bonchev–Trinajstić information content (AvgIpc) is 3.15. The van der Waals surface area contributed by atoms with E-state index in [0.717, 1.165) is 30.9 Å². The summed E-state index contributed by atoms with van der Waals surface area (Å²) in [7, 11) is 0. The summed E-state index contributed by atoms with van der Waals surface area (Å²) in [5, 5.41) is 2.25. The van der Waals surface area contributed by atoms with Crippen molar-refractivity contribution in [2.24, 2.45) is 0 Å². The Labute approximate surface area is 212 Å². The van der Waals surface area contributed by atoms with E-state index in [4.69, 9.17) is 0 Å². The van der Waals surface area contributed by atoms with Crippen molar-refractivity contribution in [2.45, 2.75) is 42.7 Å². The number of amides is 2. The third-order valence-corrected chi connectivity index (χ3v) is 8.36. The van der Waals surface area contributed by atoms with E-state index in [-0.39, 0.29) is 29.4 Å². The molecule has 1 aromatic heterocycles. The minimum Gasteiger partial charge on any atom is -0.355 e. The fourth-order valence-corrected chi connectivity index (χ4v) is 6.30.